The molecule has 3 saturated carbocycles. The van der Waals surface area contributed by atoms with Crippen LogP contribution in [0.15, 0.2) is 0 Å². The van der Waals surface area contributed by atoms with E-state index < -0.39 is 0 Å². The van der Waals surface area contributed by atoms with E-state index in [0.717, 1.165) is 25.7 Å². The fourth-order valence-corrected chi connectivity index (χ4v) is 5.38. The van der Waals surface area contributed by atoms with Gasteiger partial charge in [0.15, 0.2) is 0 Å². The molecular weight excluding hydrogens is 260 g/mol. The molecule has 3 rings (SSSR count). The summed E-state index contributed by atoms with van der Waals surface area (Å²) in [4.78, 5) is 36.0. The fourth-order valence-electron chi connectivity index (χ4n) is 3.99. The summed E-state index contributed by atoms with van der Waals surface area (Å²) in [5, 5.41) is 0. The van der Waals surface area contributed by atoms with Crippen molar-refractivity contribution in [2.75, 3.05) is 6.26 Å². The lowest BCUT2D eigenvalue weighted by atomic mass is 9.66. The van der Waals surface area contributed by atoms with Gasteiger partial charge in [0.2, 0.25) is 0 Å². The van der Waals surface area contributed by atoms with Gasteiger partial charge in [-0.1, -0.05) is 6.42 Å². The van der Waals surface area contributed by atoms with Gasteiger partial charge in [-0.05, 0) is 31.9 Å². The van der Waals surface area contributed by atoms with Crippen molar-refractivity contribution in [3.63, 3.8) is 0 Å². The highest BCUT2D eigenvalue weighted by Crippen LogP contribution is 2.68. The Labute approximate surface area is 117 Å². The standard InChI is InChI=1S/C15H20O3S/c1-19-15(3-2-4-15)14(5-6-14)13(18)10-7-11(16)9-12(17)8-10/h10H,2-9H2,1H3. The van der Waals surface area contributed by atoms with Crippen LogP contribution in [0.3, 0.4) is 0 Å². The SMILES string of the molecule is CSC1(C2(C(=O)C3CC(=O)CC(=O)C3)CC2)CCC1. The van der Waals surface area contributed by atoms with Crippen molar-refractivity contribution in [3.8, 4) is 0 Å². The summed E-state index contributed by atoms with van der Waals surface area (Å²) in [6.45, 7) is 0. The number of rotatable bonds is 4. The molecule has 19 heavy (non-hydrogen) atoms. The normalized spacial score (nSPS) is 28.9. The predicted octanol–water partition coefficient (Wildman–Crippen LogP) is 2.56. The van der Waals surface area contributed by atoms with Gasteiger partial charge in [0, 0.05) is 28.9 Å². The van der Waals surface area contributed by atoms with Crippen molar-refractivity contribution >= 4 is 29.1 Å². The van der Waals surface area contributed by atoms with E-state index >= 15 is 0 Å². The van der Waals surface area contributed by atoms with Crippen molar-refractivity contribution in [2.45, 2.75) is 56.1 Å². The molecule has 3 nitrogen and oxygen atoms in total. The van der Waals surface area contributed by atoms with E-state index in [9.17, 15) is 14.4 Å². The van der Waals surface area contributed by atoms with Gasteiger partial charge in [-0.15, -0.1) is 0 Å². The Morgan fingerprint density at radius 2 is 1.68 bits per heavy atom. The van der Waals surface area contributed by atoms with E-state index in [4.69, 9.17) is 0 Å². The molecule has 0 heterocycles. The van der Waals surface area contributed by atoms with Gasteiger partial charge in [-0.2, -0.15) is 11.8 Å². The molecule has 0 bridgehead atoms. The van der Waals surface area contributed by atoms with Gasteiger partial charge in [0.1, 0.15) is 17.3 Å². The minimum absolute atomic E-state index is 0.0442. The van der Waals surface area contributed by atoms with Crippen molar-refractivity contribution in [2.24, 2.45) is 11.3 Å². The molecule has 0 radical (unpaired) electrons. The van der Waals surface area contributed by atoms with Crippen LogP contribution in [0.25, 0.3) is 0 Å². The fraction of sp³-hybridized carbons (Fsp3) is 0.800. The predicted molar refractivity (Wildman–Crippen MR) is 74.1 cm³/mol. The summed E-state index contributed by atoms with van der Waals surface area (Å²) in [5.41, 5.74) is -0.201. The van der Waals surface area contributed by atoms with Crippen LogP contribution in [0.4, 0.5) is 0 Å². The second kappa shape index (κ2) is 4.44. The number of Topliss-reactive ketones (excluding diaryl/α,β-unsaturated/α-hetero) is 3. The first-order valence-corrected chi connectivity index (χ1v) is 8.38. The molecule has 0 N–H and O–H groups in total. The van der Waals surface area contributed by atoms with Crippen LogP contribution in [-0.2, 0) is 14.4 Å². The lowest BCUT2D eigenvalue weighted by molar-refractivity contribution is -0.140. The smallest absolute Gasteiger partial charge is 0.144 e. The van der Waals surface area contributed by atoms with Crippen molar-refractivity contribution in [1.82, 2.24) is 0 Å². The molecule has 0 aromatic carbocycles. The minimum Gasteiger partial charge on any atom is -0.299 e. The number of carbonyl (C=O) groups is 3. The Kier molecular flexibility index (Phi) is 3.12. The first-order valence-electron chi connectivity index (χ1n) is 7.16. The first-order chi connectivity index (χ1) is 9.03. The lowest BCUT2D eigenvalue weighted by Crippen LogP contribution is -2.49. The molecule has 3 aliphatic carbocycles. The van der Waals surface area contributed by atoms with E-state index in [0.29, 0.717) is 12.8 Å². The number of thioether (sulfide) groups is 1. The highest BCUT2D eigenvalue weighted by atomic mass is 32.2. The second-order valence-electron chi connectivity index (χ2n) is 6.36. The summed E-state index contributed by atoms with van der Waals surface area (Å²) in [5.74, 6) is -0.182. The quantitative estimate of drug-likeness (QED) is 0.743. The third kappa shape index (κ3) is 1.91. The van der Waals surface area contributed by atoms with Gasteiger partial charge in [-0.25, -0.2) is 0 Å². The van der Waals surface area contributed by atoms with Gasteiger partial charge in [0.05, 0.1) is 6.42 Å². The van der Waals surface area contributed by atoms with E-state index in [1.807, 2.05) is 11.8 Å². The maximum atomic E-state index is 12.9. The minimum atomic E-state index is -0.319. The molecule has 0 aromatic heterocycles. The van der Waals surface area contributed by atoms with E-state index in [-0.39, 0.29) is 39.9 Å². The van der Waals surface area contributed by atoms with Gasteiger partial charge in [-0.3, -0.25) is 14.4 Å². The Balaban J connectivity index is 1.80. The van der Waals surface area contributed by atoms with Crippen LogP contribution in [-0.4, -0.2) is 28.4 Å². The van der Waals surface area contributed by atoms with Crippen LogP contribution in [0.5, 0.6) is 0 Å². The highest BCUT2D eigenvalue weighted by Gasteiger charge is 2.66. The molecule has 3 fully saturated rings. The maximum Gasteiger partial charge on any atom is 0.144 e. The maximum absolute atomic E-state index is 12.9. The van der Waals surface area contributed by atoms with E-state index in [1.54, 1.807) is 0 Å². The third-order valence-electron chi connectivity index (χ3n) is 5.36. The Morgan fingerprint density at radius 1 is 1.11 bits per heavy atom. The van der Waals surface area contributed by atoms with Crippen molar-refractivity contribution in [1.29, 1.82) is 0 Å². The topological polar surface area (TPSA) is 51.2 Å². The van der Waals surface area contributed by atoms with E-state index in [2.05, 4.69) is 6.26 Å². The largest absolute Gasteiger partial charge is 0.299 e. The second-order valence-corrected chi connectivity index (χ2v) is 7.55. The summed E-state index contributed by atoms with van der Waals surface area (Å²) >= 11 is 1.83. The zero-order valence-electron chi connectivity index (χ0n) is 11.4. The van der Waals surface area contributed by atoms with Crippen LogP contribution in [0.2, 0.25) is 0 Å². The molecule has 0 saturated heterocycles. The average molecular weight is 280 g/mol. The van der Waals surface area contributed by atoms with Crippen LogP contribution in [0, 0.1) is 11.3 Å². The van der Waals surface area contributed by atoms with Crippen LogP contribution in [0.1, 0.15) is 51.4 Å². The van der Waals surface area contributed by atoms with Gasteiger partial charge >= 0.3 is 0 Å². The molecular formula is C15H20O3S. The number of hydrogen-bond acceptors (Lipinski definition) is 4. The Morgan fingerprint density at radius 3 is 2.05 bits per heavy atom. The number of carbonyl (C=O) groups excluding carboxylic acids is 3. The Hall–Kier alpha value is -0.640. The third-order valence-corrected chi connectivity index (χ3v) is 6.94. The molecule has 4 heteroatoms. The van der Waals surface area contributed by atoms with Gasteiger partial charge in [0.25, 0.3) is 0 Å². The molecule has 0 aromatic rings. The Bertz CT molecular complexity index is 425. The summed E-state index contributed by atoms with van der Waals surface area (Å²) < 4.78 is 0.119. The molecule has 0 amide bonds. The molecule has 0 atom stereocenters. The molecule has 3 aliphatic rings. The van der Waals surface area contributed by atoms with Gasteiger partial charge < -0.3 is 0 Å². The van der Waals surface area contributed by atoms with Crippen molar-refractivity contribution < 1.29 is 14.4 Å². The zero-order valence-corrected chi connectivity index (χ0v) is 12.2. The van der Waals surface area contributed by atoms with Crippen LogP contribution < -0.4 is 0 Å². The van der Waals surface area contributed by atoms with Crippen LogP contribution >= 0.6 is 11.8 Å². The lowest BCUT2D eigenvalue weighted by Gasteiger charge is -2.47. The molecule has 0 aliphatic heterocycles. The summed E-state index contributed by atoms with van der Waals surface area (Å²) in [7, 11) is 0. The van der Waals surface area contributed by atoms with Crippen molar-refractivity contribution in [3.05, 3.63) is 0 Å². The monoisotopic (exact) mass is 280 g/mol. The molecule has 0 unspecified atom stereocenters. The highest BCUT2D eigenvalue weighted by molar-refractivity contribution is 8.00. The first kappa shape index (κ1) is 13.3. The molecule has 0 spiro atoms. The number of hydrogen-bond donors (Lipinski definition) is 0. The summed E-state index contributed by atoms with van der Waals surface area (Å²) in [6.07, 6.45) is 8.13. The number of ketones is 3. The average Bonchev–Trinajstić information content (AvgIpc) is 3.08. The molecule has 104 valence electrons. The van der Waals surface area contributed by atoms with E-state index in [1.165, 1.54) is 6.42 Å². The zero-order chi connectivity index (χ0) is 13.7. The summed E-state index contributed by atoms with van der Waals surface area (Å²) in [6, 6.07) is 0.